The van der Waals surface area contributed by atoms with Crippen LogP contribution in [0.5, 0.6) is 5.75 Å². The van der Waals surface area contributed by atoms with Gasteiger partial charge in [0.1, 0.15) is 5.75 Å². The molecule has 160 valence electrons. The van der Waals surface area contributed by atoms with Crippen LogP contribution in [0, 0.1) is 34.0 Å². The maximum absolute atomic E-state index is 11.5. The highest BCUT2D eigenvalue weighted by Crippen LogP contribution is 2.98. The van der Waals surface area contributed by atoms with Crippen molar-refractivity contribution < 1.29 is 5.11 Å². The Labute approximate surface area is 183 Å². The molecule has 5 unspecified atom stereocenters. The summed E-state index contributed by atoms with van der Waals surface area (Å²) in [5.41, 5.74) is 5.34. The van der Waals surface area contributed by atoms with Crippen LogP contribution in [0.15, 0.2) is 12.1 Å². The van der Waals surface area contributed by atoms with Crippen LogP contribution >= 0.6 is 12.6 Å². The smallest absolute Gasteiger partial charge is 0.123 e. The van der Waals surface area contributed by atoms with Crippen LogP contribution in [0.1, 0.15) is 97.3 Å². The number of phenols is 1. The van der Waals surface area contributed by atoms with Crippen molar-refractivity contribution in [2.24, 2.45) is 34.0 Å². The quantitative estimate of drug-likeness (QED) is 0.499. The van der Waals surface area contributed by atoms with Gasteiger partial charge in [-0.15, -0.1) is 0 Å². The minimum Gasteiger partial charge on any atom is -0.507 e. The summed E-state index contributed by atoms with van der Waals surface area (Å²) in [4.78, 5) is 0. The highest BCUT2D eigenvalue weighted by atomic mass is 32.1. The van der Waals surface area contributed by atoms with Gasteiger partial charge < -0.3 is 5.11 Å². The molecule has 4 aliphatic carbocycles. The first-order chi connectivity index (χ1) is 13.4. The van der Waals surface area contributed by atoms with Crippen LogP contribution in [0.4, 0.5) is 0 Å². The van der Waals surface area contributed by atoms with E-state index in [0.717, 1.165) is 23.3 Å². The molecule has 2 heteroatoms. The Kier molecular flexibility index (Phi) is 3.91. The van der Waals surface area contributed by atoms with Gasteiger partial charge in [-0.05, 0) is 77.1 Å². The highest BCUT2D eigenvalue weighted by molar-refractivity contribution is 7.79. The van der Waals surface area contributed by atoms with Gasteiger partial charge in [0.2, 0.25) is 0 Å². The molecule has 0 heterocycles. The predicted molar refractivity (Wildman–Crippen MR) is 125 cm³/mol. The molecule has 1 aromatic rings. The lowest BCUT2D eigenvalue weighted by atomic mass is 9.16. The lowest BCUT2D eigenvalue weighted by molar-refractivity contribution is -0.363. The molecule has 5 atom stereocenters. The van der Waals surface area contributed by atoms with E-state index < -0.39 is 0 Å². The lowest BCUT2D eigenvalue weighted by Gasteiger charge is -2.87. The third kappa shape index (κ3) is 1.94. The number of hydrogen-bond donors (Lipinski definition) is 2. The van der Waals surface area contributed by atoms with Gasteiger partial charge in [-0.3, -0.25) is 0 Å². The molecule has 0 aromatic heterocycles. The number of rotatable bonds is 4. The summed E-state index contributed by atoms with van der Waals surface area (Å²) in [6, 6.07) is 4.61. The van der Waals surface area contributed by atoms with Crippen molar-refractivity contribution in [3.63, 3.8) is 0 Å². The van der Waals surface area contributed by atoms with Gasteiger partial charge in [0, 0.05) is 22.3 Å². The highest BCUT2D eigenvalue weighted by Gasteiger charge is 2.93. The second kappa shape index (κ2) is 5.59. The number of hydrogen-bond acceptors (Lipinski definition) is 2. The van der Waals surface area contributed by atoms with Crippen molar-refractivity contribution in [2.75, 3.05) is 0 Å². The Morgan fingerprint density at radius 1 is 1.00 bits per heavy atom. The predicted octanol–water partition coefficient (Wildman–Crippen LogP) is 7.25. The largest absolute Gasteiger partial charge is 0.507 e. The zero-order valence-electron chi connectivity index (χ0n) is 19.5. The molecule has 1 nitrogen and oxygen atoms in total. The van der Waals surface area contributed by atoms with E-state index in [9.17, 15) is 5.11 Å². The Morgan fingerprint density at radius 2 is 1.66 bits per heavy atom. The third-order valence-electron chi connectivity index (χ3n) is 10.6. The number of thiol groups is 1. The van der Waals surface area contributed by atoms with E-state index in [1.807, 2.05) is 0 Å². The lowest BCUT2D eigenvalue weighted by Crippen LogP contribution is -2.82. The molecule has 0 aliphatic heterocycles. The minimum absolute atomic E-state index is 0.0830. The Hall–Kier alpha value is -0.630. The summed E-state index contributed by atoms with van der Waals surface area (Å²) < 4.78 is 0. The summed E-state index contributed by atoms with van der Waals surface area (Å²) in [7, 11) is 0. The summed E-state index contributed by atoms with van der Waals surface area (Å²) in [6.07, 6.45) is 6.84. The Bertz CT molecular complexity index is 879. The first-order valence-electron chi connectivity index (χ1n) is 11.9. The fourth-order valence-electron chi connectivity index (χ4n) is 9.64. The van der Waals surface area contributed by atoms with E-state index in [2.05, 4.69) is 73.2 Å². The van der Waals surface area contributed by atoms with E-state index in [1.165, 1.54) is 43.2 Å². The molecule has 4 saturated carbocycles. The van der Waals surface area contributed by atoms with Crippen LogP contribution < -0.4 is 0 Å². The zero-order chi connectivity index (χ0) is 21.2. The van der Waals surface area contributed by atoms with Crippen LogP contribution in [0.2, 0.25) is 0 Å². The monoisotopic (exact) mass is 412 g/mol. The first-order valence-corrected chi connectivity index (χ1v) is 12.5. The van der Waals surface area contributed by atoms with E-state index in [0.29, 0.717) is 27.7 Å². The summed E-state index contributed by atoms with van der Waals surface area (Å²) >= 11 is 4.60. The molecule has 0 radical (unpaired) electrons. The van der Waals surface area contributed by atoms with Crippen molar-refractivity contribution in [3.05, 3.63) is 28.8 Å². The summed E-state index contributed by atoms with van der Waals surface area (Å²) in [6.45, 7) is 16.8. The van der Waals surface area contributed by atoms with E-state index >= 15 is 0 Å². The molecule has 1 aromatic carbocycles. The van der Waals surface area contributed by atoms with E-state index in [-0.39, 0.29) is 10.8 Å². The van der Waals surface area contributed by atoms with Gasteiger partial charge in [-0.2, -0.15) is 12.6 Å². The van der Waals surface area contributed by atoms with Crippen molar-refractivity contribution in [1.82, 2.24) is 0 Å². The SMILES string of the molecule is CC(C)C12CC3CC4(c5cc(C(C)(C)C)cc(CS)c5O)CC(C(C)C)(C1)C42C3. The van der Waals surface area contributed by atoms with E-state index in [1.54, 1.807) is 0 Å². The van der Waals surface area contributed by atoms with Crippen molar-refractivity contribution >= 4 is 12.6 Å². The van der Waals surface area contributed by atoms with Crippen molar-refractivity contribution in [3.8, 4) is 5.75 Å². The minimum atomic E-state index is 0.0830. The van der Waals surface area contributed by atoms with Crippen LogP contribution in [0.25, 0.3) is 0 Å². The second-order valence-corrected chi connectivity index (χ2v) is 13.2. The maximum atomic E-state index is 11.5. The maximum Gasteiger partial charge on any atom is 0.123 e. The van der Waals surface area contributed by atoms with Gasteiger partial charge in [0.25, 0.3) is 0 Å². The topological polar surface area (TPSA) is 20.2 Å². The molecule has 4 fully saturated rings. The fourth-order valence-corrected chi connectivity index (χ4v) is 9.88. The standard InChI is InChI=1S/C27H40OS/c1-16(2)24-10-18-11-25(15-26(14-24,17(3)4)27(24,25)12-18)21-9-20(23(5,6)7)8-19(13-29)22(21)28/h8-9,16-18,28-29H,10-15H2,1-7H3. The molecule has 5 rings (SSSR count). The summed E-state index contributed by atoms with van der Waals surface area (Å²) in [5.74, 6) is 3.49. The number of phenolic OH excluding ortho intramolecular Hbond substituents is 1. The van der Waals surface area contributed by atoms with Crippen LogP contribution in [-0.4, -0.2) is 5.11 Å². The average Bonchev–Trinajstić information content (AvgIpc) is 3.07. The number of fused-ring (bicyclic) bond motifs is 1. The van der Waals surface area contributed by atoms with Crippen LogP contribution in [-0.2, 0) is 16.6 Å². The normalized spacial score (nSPS) is 42.2. The van der Waals surface area contributed by atoms with Gasteiger partial charge in [0.05, 0.1) is 0 Å². The molecular weight excluding hydrogens is 372 g/mol. The third-order valence-corrected chi connectivity index (χ3v) is 10.9. The molecular formula is C27H40OS. The van der Waals surface area contributed by atoms with Gasteiger partial charge in [-0.1, -0.05) is 60.6 Å². The molecule has 4 aliphatic rings. The van der Waals surface area contributed by atoms with Gasteiger partial charge >= 0.3 is 0 Å². The van der Waals surface area contributed by atoms with Gasteiger partial charge in [-0.25, -0.2) is 0 Å². The average molecular weight is 413 g/mol. The van der Waals surface area contributed by atoms with Crippen molar-refractivity contribution in [1.29, 1.82) is 0 Å². The van der Waals surface area contributed by atoms with Crippen LogP contribution in [0.3, 0.4) is 0 Å². The molecule has 1 spiro atoms. The van der Waals surface area contributed by atoms with Gasteiger partial charge in [0.15, 0.2) is 0 Å². The molecule has 2 bridgehead atoms. The molecule has 0 amide bonds. The summed E-state index contributed by atoms with van der Waals surface area (Å²) in [5, 5.41) is 11.5. The molecule has 0 saturated heterocycles. The molecule has 29 heavy (non-hydrogen) atoms. The molecule has 1 N–H and O–H groups in total. The fraction of sp³-hybridized carbons (Fsp3) is 0.778. The number of benzene rings is 1. The first kappa shape index (κ1) is 20.3. The Balaban J connectivity index is 1.75. The Morgan fingerprint density at radius 3 is 2.21 bits per heavy atom. The second-order valence-electron chi connectivity index (χ2n) is 12.9. The van der Waals surface area contributed by atoms with Crippen molar-refractivity contribution in [2.45, 2.75) is 97.2 Å². The zero-order valence-corrected chi connectivity index (χ0v) is 20.4. The number of aromatic hydroxyl groups is 1. The van der Waals surface area contributed by atoms with E-state index in [4.69, 9.17) is 0 Å².